The van der Waals surface area contributed by atoms with Gasteiger partial charge in [0, 0.05) is 18.2 Å². The summed E-state index contributed by atoms with van der Waals surface area (Å²) in [5.41, 5.74) is -0.312. The SMILES string of the molecule is CCC1(CNC(=O)c2ccc([N+](=O)[O-])c(F)c2)CC1. The first kappa shape index (κ1) is 13.5. The van der Waals surface area contributed by atoms with Gasteiger partial charge in [0.15, 0.2) is 0 Å². The highest BCUT2D eigenvalue weighted by Gasteiger charge is 2.40. The number of carbonyl (C=O) groups excluding carboxylic acids is 1. The molecule has 2 rings (SSSR count). The summed E-state index contributed by atoms with van der Waals surface area (Å²) >= 11 is 0. The van der Waals surface area contributed by atoms with Crippen molar-refractivity contribution in [2.45, 2.75) is 26.2 Å². The lowest BCUT2D eigenvalue weighted by Crippen LogP contribution is -2.30. The number of nitro groups is 1. The van der Waals surface area contributed by atoms with Crippen molar-refractivity contribution in [3.8, 4) is 0 Å². The van der Waals surface area contributed by atoms with E-state index in [1.54, 1.807) is 0 Å². The second-order valence-corrected chi connectivity index (χ2v) is 4.96. The molecular weight excluding hydrogens is 251 g/mol. The zero-order valence-corrected chi connectivity index (χ0v) is 10.6. The summed E-state index contributed by atoms with van der Waals surface area (Å²) in [6.45, 7) is 2.64. The maximum atomic E-state index is 13.4. The van der Waals surface area contributed by atoms with E-state index in [1.807, 2.05) is 0 Å². The van der Waals surface area contributed by atoms with Gasteiger partial charge in [0.05, 0.1) is 4.92 Å². The molecule has 0 unspecified atom stereocenters. The van der Waals surface area contributed by atoms with Crippen molar-refractivity contribution >= 4 is 11.6 Å². The Morgan fingerprint density at radius 1 is 1.53 bits per heavy atom. The lowest BCUT2D eigenvalue weighted by atomic mass is 10.0. The van der Waals surface area contributed by atoms with E-state index >= 15 is 0 Å². The molecule has 5 nitrogen and oxygen atoms in total. The van der Waals surface area contributed by atoms with E-state index in [1.165, 1.54) is 6.07 Å². The molecule has 1 aromatic rings. The van der Waals surface area contributed by atoms with Gasteiger partial charge in [-0.25, -0.2) is 0 Å². The second-order valence-electron chi connectivity index (χ2n) is 4.96. The third kappa shape index (κ3) is 2.89. The highest BCUT2D eigenvalue weighted by molar-refractivity contribution is 5.94. The van der Waals surface area contributed by atoms with Gasteiger partial charge in [0.25, 0.3) is 5.91 Å². The van der Waals surface area contributed by atoms with E-state index in [-0.39, 0.29) is 11.0 Å². The van der Waals surface area contributed by atoms with Crippen molar-refractivity contribution < 1.29 is 14.1 Å². The lowest BCUT2D eigenvalue weighted by molar-refractivity contribution is -0.387. The predicted molar refractivity (Wildman–Crippen MR) is 67.3 cm³/mol. The minimum Gasteiger partial charge on any atom is -0.351 e. The first-order valence-electron chi connectivity index (χ1n) is 6.19. The Hall–Kier alpha value is -1.98. The Morgan fingerprint density at radius 3 is 2.68 bits per heavy atom. The van der Waals surface area contributed by atoms with E-state index in [0.717, 1.165) is 31.4 Å². The van der Waals surface area contributed by atoms with Gasteiger partial charge in [-0.3, -0.25) is 14.9 Å². The smallest absolute Gasteiger partial charge is 0.304 e. The monoisotopic (exact) mass is 266 g/mol. The third-order valence-electron chi connectivity index (χ3n) is 3.74. The fourth-order valence-electron chi connectivity index (χ4n) is 2.00. The molecule has 6 heteroatoms. The maximum absolute atomic E-state index is 13.4. The number of hydrogen-bond donors (Lipinski definition) is 1. The minimum atomic E-state index is -0.991. The standard InChI is InChI=1S/C13H15FN2O3/c1-2-13(5-6-13)8-15-12(17)9-3-4-11(16(18)19)10(14)7-9/h3-4,7H,2,5-6,8H2,1H3,(H,15,17). The summed E-state index contributed by atoms with van der Waals surface area (Å²) in [6, 6.07) is 3.18. The summed E-state index contributed by atoms with van der Waals surface area (Å²) in [5.74, 6) is -1.39. The van der Waals surface area contributed by atoms with E-state index in [9.17, 15) is 19.3 Å². The van der Waals surface area contributed by atoms with Crippen LogP contribution in [0.1, 0.15) is 36.5 Å². The van der Waals surface area contributed by atoms with E-state index in [0.29, 0.717) is 6.54 Å². The van der Waals surface area contributed by atoms with Crippen LogP contribution in [0.25, 0.3) is 0 Å². The van der Waals surface area contributed by atoms with Crippen LogP contribution in [-0.2, 0) is 0 Å². The normalized spacial score (nSPS) is 15.9. The molecule has 19 heavy (non-hydrogen) atoms. The Labute approximate surface area is 110 Å². The highest BCUT2D eigenvalue weighted by Crippen LogP contribution is 2.47. The quantitative estimate of drug-likeness (QED) is 0.657. The highest BCUT2D eigenvalue weighted by atomic mass is 19.1. The number of nitro benzene ring substituents is 1. The molecule has 1 N–H and O–H groups in total. The van der Waals surface area contributed by atoms with Gasteiger partial charge in [-0.05, 0) is 36.8 Å². The summed E-state index contributed by atoms with van der Waals surface area (Å²) < 4.78 is 13.4. The molecule has 1 aliphatic carbocycles. The number of nitrogens with one attached hydrogen (secondary N) is 1. The summed E-state index contributed by atoms with van der Waals surface area (Å²) in [5, 5.41) is 13.2. The molecule has 0 saturated heterocycles. The molecular formula is C13H15FN2O3. The lowest BCUT2D eigenvalue weighted by Gasteiger charge is -2.13. The average molecular weight is 266 g/mol. The molecule has 0 spiro atoms. The number of benzene rings is 1. The number of hydrogen-bond acceptors (Lipinski definition) is 3. The molecule has 0 atom stereocenters. The largest absolute Gasteiger partial charge is 0.351 e. The number of halogens is 1. The second kappa shape index (κ2) is 4.95. The fraction of sp³-hybridized carbons (Fsp3) is 0.462. The summed E-state index contributed by atoms with van der Waals surface area (Å²) in [6.07, 6.45) is 3.19. The number of amides is 1. The van der Waals surface area contributed by atoms with Crippen molar-refractivity contribution in [1.82, 2.24) is 5.32 Å². The van der Waals surface area contributed by atoms with Crippen molar-refractivity contribution in [2.75, 3.05) is 6.54 Å². The van der Waals surface area contributed by atoms with Crippen molar-refractivity contribution in [1.29, 1.82) is 0 Å². The number of carbonyl (C=O) groups is 1. The van der Waals surface area contributed by atoms with Gasteiger partial charge in [-0.15, -0.1) is 0 Å². The van der Waals surface area contributed by atoms with Crippen molar-refractivity contribution in [3.05, 3.63) is 39.7 Å². The predicted octanol–water partition coefficient (Wildman–Crippen LogP) is 2.65. The topological polar surface area (TPSA) is 72.2 Å². The van der Waals surface area contributed by atoms with Crippen LogP contribution in [-0.4, -0.2) is 17.4 Å². The molecule has 1 fully saturated rings. The third-order valence-corrected chi connectivity index (χ3v) is 3.74. The van der Waals surface area contributed by atoms with Gasteiger partial charge in [-0.2, -0.15) is 4.39 Å². The molecule has 0 aromatic heterocycles. The van der Waals surface area contributed by atoms with E-state index in [2.05, 4.69) is 12.2 Å². The average Bonchev–Trinajstić information content (AvgIpc) is 3.16. The van der Waals surface area contributed by atoms with Crippen molar-refractivity contribution in [3.63, 3.8) is 0 Å². The molecule has 1 aliphatic rings. The van der Waals surface area contributed by atoms with Gasteiger partial charge in [-0.1, -0.05) is 6.92 Å². The van der Waals surface area contributed by atoms with Gasteiger partial charge >= 0.3 is 5.69 Å². The number of nitrogens with zero attached hydrogens (tertiary/aromatic N) is 1. The molecule has 0 aliphatic heterocycles. The van der Waals surface area contributed by atoms with Crippen molar-refractivity contribution in [2.24, 2.45) is 5.41 Å². The van der Waals surface area contributed by atoms with Gasteiger partial charge in [0.2, 0.25) is 5.82 Å². The fourth-order valence-corrected chi connectivity index (χ4v) is 2.00. The summed E-state index contributed by atoms with van der Waals surface area (Å²) in [7, 11) is 0. The van der Waals surface area contributed by atoms with Crippen LogP contribution in [0, 0.1) is 21.3 Å². The van der Waals surface area contributed by atoms with E-state index in [4.69, 9.17) is 0 Å². The minimum absolute atomic E-state index is 0.106. The maximum Gasteiger partial charge on any atom is 0.304 e. The molecule has 0 bridgehead atoms. The molecule has 0 radical (unpaired) electrons. The first-order chi connectivity index (χ1) is 8.97. The Morgan fingerprint density at radius 2 is 2.21 bits per heavy atom. The zero-order valence-electron chi connectivity index (χ0n) is 10.6. The van der Waals surface area contributed by atoms with E-state index < -0.39 is 22.3 Å². The van der Waals surface area contributed by atoms with Crippen LogP contribution in [0.2, 0.25) is 0 Å². The van der Waals surface area contributed by atoms with Gasteiger partial charge < -0.3 is 5.32 Å². The van der Waals surface area contributed by atoms with Crippen LogP contribution in [0.3, 0.4) is 0 Å². The zero-order chi connectivity index (χ0) is 14.0. The van der Waals surface area contributed by atoms with Crippen LogP contribution < -0.4 is 5.32 Å². The van der Waals surface area contributed by atoms with Crippen LogP contribution >= 0.6 is 0 Å². The van der Waals surface area contributed by atoms with Gasteiger partial charge in [0.1, 0.15) is 0 Å². The van der Waals surface area contributed by atoms with Crippen LogP contribution in [0.15, 0.2) is 18.2 Å². The molecule has 1 saturated carbocycles. The summed E-state index contributed by atoms with van der Waals surface area (Å²) in [4.78, 5) is 21.5. The Bertz CT molecular complexity index is 527. The molecule has 1 amide bonds. The number of rotatable bonds is 5. The van der Waals surface area contributed by atoms with Crippen LogP contribution in [0.4, 0.5) is 10.1 Å². The molecule has 0 heterocycles. The Kier molecular flexibility index (Phi) is 3.50. The Balaban J connectivity index is 2.03. The first-order valence-corrected chi connectivity index (χ1v) is 6.19. The molecule has 102 valence electrons. The van der Waals surface area contributed by atoms with Crippen LogP contribution in [0.5, 0.6) is 0 Å². The molecule has 1 aromatic carbocycles.